The first-order chi connectivity index (χ1) is 14.0. The van der Waals surface area contributed by atoms with Crippen LogP contribution in [0, 0.1) is 17.8 Å². The number of carbonyl (C=O) groups is 2. The molecule has 2 atom stereocenters. The van der Waals surface area contributed by atoms with Crippen molar-refractivity contribution in [1.29, 1.82) is 0 Å². The first-order valence-corrected chi connectivity index (χ1v) is 10.1. The Labute approximate surface area is 173 Å². The first kappa shape index (κ1) is 24.5. The molecule has 2 N–H and O–H groups in total. The Morgan fingerprint density at radius 3 is 2.62 bits per heavy atom. The second-order valence-electron chi connectivity index (χ2n) is 6.97. The number of ketones is 1. The molecule has 1 saturated carbocycles. The summed E-state index contributed by atoms with van der Waals surface area (Å²) in [6.45, 7) is 1.77. The van der Waals surface area contributed by atoms with E-state index in [0.29, 0.717) is 32.1 Å². The summed E-state index contributed by atoms with van der Waals surface area (Å²) in [6, 6.07) is 7.15. The minimum Gasteiger partial charge on any atom is -0.508 e. The third-order valence-electron chi connectivity index (χ3n) is 4.78. The van der Waals surface area contributed by atoms with Crippen LogP contribution in [-0.2, 0) is 20.7 Å². The fourth-order valence-corrected chi connectivity index (χ4v) is 3.07. The molecule has 0 amide bonds. The molecular formula is C24H32O5. The van der Waals surface area contributed by atoms with Gasteiger partial charge in [-0.3, -0.25) is 9.59 Å². The van der Waals surface area contributed by atoms with Crippen molar-refractivity contribution in [3.8, 4) is 17.6 Å². The van der Waals surface area contributed by atoms with Gasteiger partial charge in [0.05, 0.1) is 13.2 Å². The number of phenolic OH excluding ortho intramolecular Hbond substituents is 1. The normalized spacial score (nSPS) is 17.8. The van der Waals surface area contributed by atoms with E-state index >= 15 is 0 Å². The maximum atomic E-state index is 11.3. The van der Waals surface area contributed by atoms with Crippen LogP contribution >= 0.6 is 0 Å². The summed E-state index contributed by atoms with van der Waals surface area (Å²) in [5, 5.41) is 18.9. The predicted octanol–water partition coefficient (Wildman–Crippen LogP) is 3.96. The van der Waals surface area contributed by atoms with E-state index in [1.807, 2.05) is 18.2 Å². The molecule has 0 spiro atoms. The number of aliphatic hydroxyl groups excluding tert-OH is 1. The second-order valence-corrected chi connectivity index (χ2v) is 6.97. The Morgan fingerprint density at radius 2 is 2.00 bits per heavy atom. The molecule has 1 aliphatic carbocycles. The van der Waals surface area contributed by atoms with Gasteiger partial charge in [-0.2, -0.15) is 0 Å². The van der Waals surface area contributed by atoms with Crippen molar-refractivity contribution in [3.63, 3.8) is 0 Å². The minimum absolute atomic E-state index is 0.108. The number of phenols is 1. The van der Waals surface area contributed by atoms with Gasteiger partial charge in [-0.25, -0.2) is 0 Å². The number of allylic oxidation sites excluding steroid dienone is 1. The van der Waals surface area contributed by atoms with Crippen molar-refractivity contribution in [3.05, 3.63) is 42.0 Å². The van der Waals surface area contributed by atoms with E-state index < -0.39 is 0 Å². The van der Waals surface area contributed by atoms with Crippen LogP contribution in [0.15, 0.2) is 36.4 Å². The molecule has 1 aromatic rings. The molecule has 2 rings (SSSR count). The molecule has 5 heteroatoms. The monoisotopic (exact) mass is 400 g/mol. The molecule has 0 bridgehead atoms. The number of hydrogen-bond acceptors (Lipinski definition) is 5. The van der Waals surface area contributed by atoms with Crippen LogP contribution < -0.4 is 0 Å². The quantitative estimate of drug-likeness (QED) is 0.392. The maximum absolute atomic E-state index is 11.3. The van der Waals surface area contributed by atoms with E-state index in [9.17, 15) is 19.8 Å². The molecule has 0 heterocycles. The molecule has 5 nitrogen and oxygen atoms in total. The number of esters is 1. The van der Waals surface area contributed by atoms with E-state index in [-0.39, 0.29) is 29.5 Å². The molecule has 0 radical (unpaired) electrons. The molecule has 1 aromatic carbocycles. The van der Waals surface area contributed by atoms with Gasteiger partial charge >= 0.3 is 5.97 Å². The number of hydrogen-bond donors (Lipinski definition) is 2. The van der Waals surface area contributed by atoms with Gasteiger partial charge in [-0.1, -0.05) is 30.7 Å². The van der Waals surface area contributed by atoms with Crippen molar-refractivity contribution in [2.75, 3.05) is 7.11 Å². The Balaban J connectivity index is 0.000000291. The zero-order chi connectivity index (χ0) is 21.5. The first-order valence-electron chi connectivity index (χ1n) is 10.1. The van der Waals surface area contributed by atoms with E-state index in [1.165, 1.54) is 7.11 Å². The van der Waals surface area contributed by atoms with Crippen molar-refractivity contribution < 1.29 is 24.5 Å². The summed E-state index contributed by atoms with van der Waals surface area (Å²) in [7, 11) is 1.38. The molecule has 1 fully saturated rings. The summed E-state index contributed by atoms with van der Waals surface area (Å²) in [5.41, 5.74) is 0.872. The topological polar surface area (TPSA) is 83.8 Å². The van der Waals surface area contributed by atoms with Gasteiger partial charge in [0.1, 0.15) is 5.75 Å². The highest BCUT2D eigenvalue weighted by Gasteiger charge is 2.22. The van der Waals surface area contributed by atoms with Crippen LogP contribution in [-0.4, -0.2) is 35.2 Å². The SMILES string of the molecule is CC#CCCC(=O)/C=C/C1CCCC1O.COC(=O)CCCc1ccccc1O. The minimum atomic E-state index is -0.246. The summed E-state index contributed by atoms with van der Waals surface area (Å²) in [4.78, 5) is 22.1. The summed E-state index contributed by atoms with van der Waals surface area (Å²) in [5.74, 6) is 6.00. The molecule has 0 aliphatic heterocycles. The number of carbonyl (C=O) groups excluding carboxylic acids is 2. The van der Waals surface area contributed by atoms with Crippen LogP contribution in [0.4, 0.5) is 0 Å². The summed E-state index contributed by atoms with van der Waals surface area (Å²) in [6.07, 6.45) is 9.06. The van der Waals surface area contributed by atoms with Crippen LogP contribution in [0.3, 0.4) is 0 Å². The lowest BCUT2D eigenvalue weighted by Gasteiger charge is -2.07. The molecule has 0 aromatic heterocycles. The van der Waals surface area contributed by atoms with Gasteiger partial charge in [0, 0.05) is 25.2 Å². The van der Waals surface area contributed by atoms with Crippen molar-refractivity contribution in [2.45, 2.75) is 64.4 Å². The lowest BCUT2D eigenvalue weighted by molar-refractivity contribution is -0.140. The smallest absolute Gasteiger partial charge is 0.305 e. The highest BCUT2D eigenvalue weighted by atomic mass is 16.5. The zero-order valence-electron chi connectivity index (χ0n) is 17.4. The van der Waals surface area contributed by atoms with Gasteiger partial charge in [0.2, 0.25) is 0 Å². The van der Waals surface area contributed by atoms with E-state index in [4.69, 9.17) is 0 Å². The third-order valence-corrected chi connectivity index (χ3v) is 4.78. The molecule has 1 aliphatic rings. The van der Waals surface area contributed by atoms with Crippen molar-refractivity contribution >= 4 is 11.8 Å². The Hall–Kier alpha value is -2.58. The van der Waals surface area contributed by atoms with Gasteiger partial charge in [0.15, 0.2) is 5.78 Å². The molecule has 0 saturated heterocycles. The average molecular weight is 401 g/mol. The Morgan fingerprint density at radius 1 is 1.24 bits per heavy atom. The maximum Gasteiger partial charge on any atom is 0.305 e. The highest BCUT2D eigenvalue weighted by Crippen LogP contribution is 2.26. The average Bonchev–Trinajstić information content (AvgIpc) is 3.13. The van der Waals surface area contributed by atoms with E-state index in [2.05, 4.69) is 16.6 Å². The number of benzene rings is 1. The fourth-order valence-electron chi connectivity index (χ4n) is 3.07. The number of para-hydroxylation sites is 1. The Kier molecular flexibility index (Phi) is 12.2. The number of ether oxygens (including phenoxy) is 1. The van der Waals surface area contributed by atoms with Crippen molar-refractivity contribution in [1.82, 2.24) is 0 Å². The summed E-state index contributed by atoms with van der Waals surface area (Å²) >= 11 is 0. The van der Waals surface area contributed by atoms with Crippen LogP contribution in [0.25, 0.3) is 0 Å². The molecule has 2 unspecified atom stereocenters. The van der Waals surface area contributed by atoms with Crippen LogP contribution in [0.5, 0.6) is 5.75 Å². The lowest BCUT2D eigenvalue weighted by Crippen LogP contribution is -2.10. The third kappa shape index (κ3) is 10.5. The summed E-state index contributed by atoms with van der Waals surface area (Å²) < 4.78 is 4.52. The van der Waals surface area contributed by atoms with E-state index in [1.54, 1.807) is 25.1 Å². The second kappa shape index (κ2) is 14.4. The molecular weight excluding hydrogens is 368 g/mol. The number of methoxy groups -OCH3 is 1. The fraction of sp³-hybridized carbons (Fsp3) is 0.500. The zero-order valence-corrected chi connectivity index (χ0v) is 17.4. The highest BCUT2D eigenvalue weighted by molar-refractivity contribution is 5.89. The number of aromatic hydroxyl groups is 1. The van der Waals surface area contributed by atoms with Crippen LogP contribution in [0.2, 0.25) is 0 Å². The lowest BCUT2D eigenvalue weighted by atomic mass is 10.0. The predicted molar refractivity (Wildman–Crippen MR) is 113 cm³/mol. The standard InChI is InChI=1S/C13H18O2.C11H14O3/c1-2-3-4-7-12(14)10-9-11-6-5-8-13(11)15;1-14-11(13)8-4-6-9-5-2-3-7-10(9)12/h9-11,13,15H,4-8H2,1H3;2-3,5,7,12H,4,6,8H2,1H3/b10-9+;. The molecule has 29 heavy (non-hydrogen) atoms. The van der Waals surface area contributed by atoms with Gasteiger partial charge in [-0.15, -0.1) is 11.8 Å². The van der Waals surface area contributed by atoms with Crippen molar-refractivity contribution in [2.24, 2.45) is 5.92 Å². The number of aryl methyl sites for hydroxylation is 1. The van der Waals surface area contributed by atoms with Gasteiger partial charge in [-0.05, 0) is 50.3 Å². The van der Waals surface area contributed by atoms with E-state index in [0.717, 1.165) is 24.8 Å². The van der Waals surface area contributed by atoms with Gasteiger partial charge < -0.3 is 14.9 Å². The number of aliphatic hydroxyl groups is 1. The largest absolute Gasteiger partial charge is 0.508 e. The van der Waals surface area contributed by atoms with Gasteiger partial charge in [0.25, 0.3) is 0 Å². The Bertz CT molecular complexity index is 726. The number of rotatable bonds is 8. The molecule has 158 valence electrons. The van der Waals surface area contributed by atoms with Crippen LogP contribution in [0.1, 0.15) is 57.4 Å².